The van der Waals surface area contributed by atoms with Gasteiger partial charge in [-0.1, -0.05) is 24.1 Å². The molecule has 0 bridgehead atoms. The maximum atomic E-state index is 12.8. The largest absolute Gasteiger partial charge is 0.478 e. The number of amidine groups is 1. The molecule has 10 nitrogen and oxygen atoms in total. The highest BCUT2D eigenvalue weighted by Crippen LogP contribution is 2.35. The number of rotatable bonds is 6. The average Bonchev–Trinajstić information content (AvgIpc) is 3.27. The van der Waals surface area contributed by atoms with Crippen molar-refractivity contribution >= 4 is 80.4 Å². The Morgan fingerprint density at radius 2 is 2.00 bits per heavy atom. The van der Waals surface area contributed by atoms with E-state index in [1.54, 1.807) is 24.3 Å². The van der Waals surface area contributed by atoms with Crippen molar-refractivity contribution < 1.29 is 24.2 Å². The summed E-state index contributed by atoms with van der Waals surface area (Å²) in [7, 11) is 0. The number of aromatic carboxylic acids is 1. The fourth-order valence-electron chi connectivity index (χ4n) is 4.90. The Hall–Kier alpha value is -3.93. The number of halogens is 1. The van der Waals surface area contributed by atoms with Gasteiger partial charge in [0.2, 0.25) is 5.91 Å². The Bertz CT molecular complexity index is 1630. The summed E-state index contributed by atoms with van der Waals surface area (Å²) in [4.78, 5) is 48.5. The van der Waals surface area contributed by atoms with E-state index in [-0.39, 0.29) is 23.3 Å². The van der Waals surface area contributed by atoms with E-state index in [0.29, 0.717) is 74.9 Å². The van der Waals surface area contributed by atoms with Crippen LogP contribution in [0.2, 0.25) is 5.02 Å². The van der Waals surface area contributed by atoms with Gasteiger partial charge in [-0.3, -0.25) is 14.6 Å². The second kappa shape index (κ2) is 11.5. The molecule has 3 aliphatic rings. The number of nitrogens with zero attached hydrogens (tertiary/aromatic N) is 3. The number of thioether (sulfide) groups is 1. The van der Waals surface area contributed by atoms with Crippen molar-refractivity contribution in [2.45, 2.75) is 19.3 Å². The fourth-order valence-corrected chi connectivity index (χ4v) is 5.90. The van der Waals surface area contributed by atoms with Gasteiger partial charge in [0.15, 0.2) is 5.17 Å². The van der Waals surface area contributed by atoms with Crippen LogP contribution in [-0.4, -0.2) is 59.3 Å². The number of carbonyl (C=O) groups excluding carboxylic acids is 2. The summed E-state index contributed by atoms with van der Waals surface area (Å²) in [6, 6.07) is 10.6. The molecule has 210 valence electrons. The van der Waals surface area contributed by atoms with Crippen molar-refractivity contribution in [1.29, 1.82) is 0 Å². The number of ether oxygens (including phenoxy) is 1. The molecule has 0 radical (unpaired) electrons. The van der Waals surface area contributed by atoms with Crippen molar-refractivity contribution in [2.24, 2.45) is 10.9 Å². The fraction of sp³-hybridized carbons (Fsp3) is 0.276. The number of benzene rings is 2. The molecular weight excluding hydrogens is 566 g/mol. The molecule has 0 spiro atoms. The lowest BCUT2D eigenvalue weighted by atomic mass is 9.85. The van der Waals surface area contributed by atoms with Crippen LogP contribution in [0.1, 0.15) is 35.2 Å². The third-order valence-electron chi connectivity index (χ3n) is 7.28. The zero-order valence-corrected chi connectivity index (χ0v) is 23.4. The summed E-state index contributed by atoms with van der Waals surface area (Å²) in [5.74, 6) is -1.33. The normalized spacial score (nSPS) is 19.4. The highest BCUT2D eigenvalue weighted by molar-refractivity contribution is 8.18. The predicted octanol–water partition coefficient (Wildman–Crippen LogP) is 5.05. The molecule has 3 heterocycles. The van der Waals surface area contributed by atoms with Gasteiger partial charge in [-0.25, -0.2) is 9.79 Å². The molecule has 6 rings (SSSR count). The smallest absolute Gasteiger partial charge is 0.339 e. The summed E-state index contributed by atoms with van der Waals surface area (Å²) < 4.78 is 5.46. The van der Waals surface area contributed by atoms with Crippen molar-refractivity contribution in [3.63, 3.8) is 0 Å². The van der Waals surface area contributed by atoms with E-state index in [1.165, 1.54) is 18.0 Å². The van der Waals surface area contributed by atoms with Gasteiger partial charge < -0.3 is 25.4 Å². The van der Waals surface area contributed by atoms with Crippen LogP contribution in [0.5, 0.6) is 0 Å². The molecule has 2 aromatic carbocycles. The van der Waals surface area contributed by atoms with Crippen molar-refractivity contribution in [1.82, 2.24) is 10.3 Å². The Morgan fingerprint density at radius 3 is 2.73 bits per heavy atom. The maximum Gasteiger partial charge on any atom is 0.339 e. The molecule has 1 saturated carbocycles. The van der Waals surface area contributed by atoms with Crippen molar-refractivity contribution in [3.05, 3.63) is 63.6 Å². The number of carboxylic acid groups (broad SMARTS) is 1. The quantitative estimate of drug-likeness (QED) is 0.339. The van der Waals surface area contributed by atoms with E-state index in [4.69, 9.17) is 16.3 Å². The summed E-state index contributed by atoms with van der Waals surface area (Å²) >= 11 is 7.54. The molecule has 1 aliphatic carbocycles. The number of carbonyl (C=O) groups is 3. The second-order valence-electron chi connectivity index (χ2n) is 9.97. The van der Waals surface area contributed by atoms with Gasteiger partial charge in [0.25, 0.3) is 5.91 Å². The van der Waals surface area contributed by atoms with Crippen molar-refractivity contribution in [2.75, 3.05) is 36.5 Å². The highest BCUT2D eigenvalue weighted by Gasteiger charge is 2.27. The lowest BCUT2D eigenvalue weighted by Crippen LogP contribution is -2.37. The molecule has 0 atom stereocenters. The van der Waals surface area contributed by atoms with Crippen LogP contribution >= 0.6 is 23.4 Å². The highest BCUT2D eigenvalue weighted by atomic mass is 35.5. The Labute approximate surface area is 244 Å². The van der Waals surface area contributed by atoms with Crippen LogP contribution in [-0.2, 0) is 14.3 Å². The molecule has 2 amide bonds. The molecule has 3 fully saturated rings. The lowest BCUT2D eigenvalue weighted by Gasteiger charge is -2.30. The van der Waals surface area contributed by atoms with Crippen LogP contribution in [0, 0.1) is 5.92 Å². The molecule has 2 saturated heterocycles. The molecule has 1 aromatic heterocycles. The molecule has 12 heteroatoms. The van der Waals surface area contributed by atoms with Crippen LogP contribution < -0.4 is 15.5 Å². The minimum absolute atomic E-state index is 0.0104. The van der Waals surface area contributed by atoms with E-state index in [1.807, 2.05) is 23.1 Å². The van der Waals surface area contributed by atoms with Gasteiger partial charge in [0.1, 0.15) is 5.56 Å². The number of anilines is 2. The number of carboxylic acids is 1. The van der Waals surface area contributed by atoms with E-state index in [2.05, 4.69) is 20.6 Å². The molecule has 0 unspecified atom stereocenters. The van der Waals surface area contributed by atoms with Crippen LogP contribution in [0.15, 0.2) is 52.5 Å². The summed E-state index contributed by atoms with van der Waals surface area (Å²) in [6.45, 7) is 2.14. The zero-order valence-electron chi connectivity index (χ0n) is 21.9. The van der Waals surface area contributed by atoms with Gasteiger partial charge >= 0.3 is 5.97 Å². The Balaban J connectivity index is 1.27. The van der Waals surface area contributed by atoms with Gasteiger partial charge in [0.05, 0.1) is 40.0 Å². The van der Waals surface area contributed by atoms with Gasteiger partial charge in [-0.05, 0) is 66.6 Å². The third kappa shape index (κ3) is 5.79. The number of aromatic nitrogens is 1. The first-order valence-electron chi connectivity index (χ1n) is 13.2. The third-order valence-corrected chi connectivity index (χ3v) is 8.51. The number of pyridine rings is 1. The van der Waals surface area contributed by atoms with Gasteiger partial charge in [-0.15, -0.1) is 0 Å². The molecule has 2 aliphatic heterocycles. The number of hydrogen-bond acceptors (Lipinski definition) is 8. The minimum Gasteiger partial charge on any atom is -0.478 e. The minimum atomic E-state index is -1.05. The summed E-state index contributed by atoms with van der Waals surface area (Å²) in [5, 5.41) is 17.0. The summed E-state index contributed by atoms with van der Waals surface area (Å²) in [6.07, 6.45) is 5.98. The Morgan fingerprint density at radius 1 is 1.20 bits per heavy atom. The van der Waals surface area contributed by atoms with Gasteiger partial charge in [0, 0.05) is 36.3 Å². The van der Waals surface area contributed by atoms with Gasteiger partial charge in [-0.2, -0.15) is 0 Å². The maximum absolute atomic E-state index is 12.8. The van der Waals surface area contributed by atoms with E-state index >= 15 is 0 Å². The van der Waals surface area contributed by atoms with Crippen LogP contribution in [0.3, 0.4) is 0 Å². The van der Waals surface area contributed by atoms with Crippen LogP contribution in [0.25, 0.3) is 17.0 Å². The average molecular weight is 592 g/mol. The number of fused-ring (bicyclic) bond motifs is 1. The molecular formula is C29H26ClN5O5S. The van der Waals surface area contributed by atoms with Crippen molar-refractivity contribution in [3.8, 4) is 0 Å². The van der Waals surface area contributed by atoms with E-state index < -0.39 is 5.97 Å². The van der Waals surface area contributed by atoms with E-state index in [0.717, 1.165) is 19.3 Å². The number of hydrogen-bond donors (Lipinski definition) is 3. The number of aliphatic imine (C=N–C) groups is 1. The number of morpholine rings is 1. The first-order valence-corrected chi connectivity index (χ1v) is 14.4. The number of nitrogens with one attached hydrogen (secondary N) is 2. The SMILES string of the molecule is O=C1NC(=Nc2cc(NC(=O)C3CCC3)ccc2Cl)S/C1=C\c1ccc2ncc(C(=O)O)c(N3CCOCC3)c2c1. The molecule has 41 heavy (non-hydrogen) atoms. The molecule has 3 N–H and O–H groups in total. The number of amides is 2. The first kappa shape index (κ1) is 27.3. The lowest BCUT2D eigenvalue weighted by molar-refractivity contribution is -0.122. The standard InChI is InChI=1S/C29H26ClN5O5S/c30-21-6-5-18(32-26(36)17-2-1-3-17)14-23(21)33-29-34-27(37)24(41-29)13-16-4-7-22-19(12-16)25(20(15-31-22)28(38)39)35-8-10-40-11-9-35/h4-7,12-15,17H,1-3,8-11H2,(H,32,36)(H,38,39)(H,33,34,37)/b24-13-. The monoisotopic (exact) mass is 591 g/mol. The van der Waals surface area contributed by atoms with E-state index in [9.17, 15) is 19.5 Å². The topological polar surface area (TPSA) is 133 Å². The second-order valence-corrected chi connectivity index (χ2v) is 11.4. The molecule has 3 aromatic rings. The Kier molecular flexibility index (Phi) is 7.65. The predicted molar refractivity (Wildman–Crippen MR) is 160 cm³/mol. The zero-order chi connectivity index (χ0) is 28.5. The first-order chi connectivity index (χ1) is 19.9. The van der Waals surface area contributed by atoms with Crippen LogP contribution in [0.4, 0.5) is 17.1 Å². The summed E-state index contributed by atoms with van der Waals surface area (Å²) in [5.41, 5.74) is 3.11.